The van der Waals surface area contributed by atoms with Crippen LogP contribution in [0.3, 0.4) is 0 Å². The number of likely N-dealkylation sites (tertiary alicyclic amines) is 1. The predicted octanol–water partition coefficient (Wildman–Crippen LogP) is 4.68. The van der Waals surface area contributed by atoms with Crippen molar-refractivity contribution in [2.45, 2.75) is 64.1 Å². The van der Waals surface area contributed by atoms with Gasteiger partial charge in [-0.25, -0.2) is 18.7 Å². The number of aromatic nitrogens is 7. The number of piperidine rings is 1. The second-order valence-corrected chi connectivity index (χ2v) is 13.1. The van der Waals surface area contributed by atoms with Crippen molar-refractivity contribution in [2.24, 2.45) is 0 Å². The zero-order chi connectivity index (χ0) is 37.3. The van der Waals surface area contributed by atoms with E-state index >= 15 is 4.39 Å². The first kappa shape index (κ1) is 34.6. The van der Waals surface area contributed by atoms with E-state index < -0.39 is 58.4 Å². The lowest BCUT2D eigenvalue weighted by Crippen LogP contribution is -2.46. The highest BCUT2D eigenvalue weighted by Gasteiger charge is 2.49. The Bertz CT molecular complexity index is 2350. The summed E-state index contributed by atoms with van der Waals surface area (Å²) in [6.45, 7) is 4.69. The topological polar surface area (TPSA) is 160 Å². The second-order valence-electron chi connectivity index (χ2n) is 13.1. The van der Waals surface area contributed by atoms with Crippen LogP contribution in [0.25, 0.3) is 17.2 Å². The van der Waals surface area contributed by atoms with Crippen LogP contribution in [0.2, 0.25) is 0 Å². The number of hydrogen-bond donors (Lipinski definition) is 2. The Hall–Kier alpha value is -5.81. The molecule has 1 saturated heterocycles. The molecule has 13 nitrogen and oxygen atoms in total. The lowest BCUT2D eigenvalue weighted by atomic mass is 9.73. The molecule has 0 saturated carbocycles. The number of nitrogens with zero attached hydrogens (tertiary/aromatic N) is 8. The summed E-state index contributed by atoms with van der Waals surface area (Å²) in [6, 6.07) is 3.06. The lowest BCUT2D eigenvalue weighted by Gasteiger charge is -2.39. The Morgan fingerprint density at radius 3 is 2.48 bits per heavy atom. The molecule has 270 valence electrons. The van der Waals surface area contributed by atoms with Gasteiger partial charge in [-0.1, -0.05) is 6.92 Å². The van der Waals surface area contributed by atoms with Crippen molar-refractivity contribution >= 4 is 23.3 Å². The first-order valence-electron chi connectivity index (χ1n) is 16.2. The first-order chi connectivity index (χ1) is 24.6. The molecule has 2 amide bonds. The van der Waals surface area contributed by atoms with Gasteiger partial charge in [0.05, 0.1) is 28.2 Å². The number of benzene rings is 1. The van der Waals surface area contributed by atoms with Gasteiger partial charge in [-0.05, 0) is 63.3 Å². The van der Waals surface area contributed by atoms with E-state index in [0.29, 0.717) is 36.6 Å². The maximum absolute atomic E-state index is 15.2. The van der Waals surface area contributed by atoms with Gasteiger partial charge in [0, 0.05) is 36.0 Å². The van der Waals surface area contributed by atoms with Crippen LogP contribution in [-0.4, -0.2) is 69.0 Å². The van der Waals surface area contributed by atoms with E-state index in [1.54, 1.807) is 6.92 Å². The Kier molecular flexibility index (Phi) is 8.29. The SMILES string of the molecule is Cc1ncnc(C(=O)N2CCC3(CC2)CC(C)c2c3c(=O)n3nc(-c4ccnc(C)c4F)nc3n2CC(=O)Nc2ccc(C(F)(F)F)cc2F)c1O. The minimum atomic E-state index is -4.80. The first-order valence-corrected chi connectivity index (χ1v) is 16.2. The van der Waals surface area contributed by atoms with E-state index in [-0.39, 0.29) is 65.1 Å². The quantitative estimate of drug-likeness (QED) is 0.246. The van der Waals surface area contributed by atoms with E-state index in [9.17, 15) is 37.1 Å². The van der Waals surface area contributed by atoms with E-state index in [1.807, 2.05) is 6.92 Å². The highest BCUT2D eigenvalue weighted by molar-refractivity contribution is 5.95. The van der Waals surface area contributed by atoms with Gasteiger partial charge in [0.15, 0.2) is 23.1 Å². The van der Waals surface area contributed by atoms with Crippen LogP contribution >= 0.6 is 0 Å². The predicted molar refractivity (Wildman–Crippen MR) is 173 cm³/mol. The van der Waals surface area contributed by atoms with Gasteiger partial charge in [0.2, 0.25) is 11.7 Å². The van der Waals surface area contributed by atoms with Gasteiger partial charge in [-0.3, -0.25) is 19.4 Å². The average Bonchev–Trinajstić information content (AvgIpc) is 3.66. The Labute approximate surface area is 291 Å². The van der Waals surface area contributed by atoms with Crippen molar-refractivity contribution in [3.63, 3.8) is 0 Å². The zero-order valence-electron chi connectivity index (χ0n) is 27.9. The number of hydrogen-bond acceptors (Lipinski definition) is 9. The summed E-state index contributed by atoms with van der Waals surface area (Å²) < 4.78 is 71.7. The normalized spacial score (nSPS) is 16.8. The largest absolute Gasteiger partial charge is 0.504 e. The number of aryl methyl sites for hydroxylation is 2. The average molecular weight is 724 g/mol. The maximum Gasteiger partial charge on any atom is 0.416 e. The Morgan fingerprint density at radius 2 is 1.79 bits per heavy atom. The Balaban J connectivity index is 1.29. The smallest absolute Gasteiger partial charge is 0.416 e. The number of pyridine rings is 1. The van der Waals surface area contributed by atoms with Crippen LogP contribution in [0.5, 0.6) is 5.75 Å². The van der Waals surface area contributed by atoms with Gasteiger partial charge in [0.1, 0.15) is 18.7 Å². The molecule has 18 heteroatoms. The number of aromatic hydroxyl groups is 1. The zero-order valence-corrected chi connectivity index (χ0v) is 27.9. The van der Waals surface area contributed by atoms with E-state index in [4.69, 9.17) is 0 Å². The summed E-state index contributed by atoms with van der Waals surface area (Å²) >= 11 is 0. The molecule has 5 heterocycles. The fourth-order valence-corrected chi connectivity index (χ4v) is 7.35. The van der Waals surface area contributed by atoms with Crippen molar-refractivity contribution in [1.29, 1.82) is 0 Å². The monoisotopic (exact) mass is 723 g/mol. The highest BCUT2D eigenvalue weighted by Crippen LogP contribution is 2.50. The molecule has 2 N–H and O–H groups in total. The minimum absolute atomic E-state index is 0.0450. The molecule has 0 radical (unpaired) electrons. The van der Waals surface area contributed by atoms with Crippen molar-refractivity contribution < 1.29 is 36.6 Å². The third-order valence-corrected chi connectivity index (χ3v) is 9.87. The van der Waals surface area contributed by atoms with Gasteiger partial charge < -0.3 is 19.9 Å². The molecular weight excluding hydrogens is 693 g/mol. The van der Waals surface area contributed by atoms with Crippen molar-refractivity contribution in [1.82, 2.24) is 39.0 Å². The van der Waals surface area contributed by atoms with Crippen molar-refractivity contribution in [3.05, 3.63) is 92.7 Å². The van der Waals surface area contributed by atoms with Crippen LogP contribution in [0.4, 0.5) is 27.6 Å². The molecule has 1 aromatic carbocycles. The van der Waals surface area contributed by atoms with E-state index in [2.05, 4.69) is 30.4 Å². The van der Waals surface area contributed by atoms with Gasteiger partial charge >= 0.3 is 6.18 Å². The van der Waals surface area contributed by atoms with Crippen LogP contribution in [0, 0.1) is 25.5 Å². The number of carbonyl (C=O) groups excluding carboxylic acids is 2. The summed E-state index contributed by atoms with van der Waals surface area (Å²) in [5, 5.41) is 17.1. The van der Waals surface area contributed by atoms with Crippen molar-refractivity contribution in [3.8, 4) is 17.1 Å². The van der Waals surface area contributed by atoms with Gasteiger partial charge in [0.25, 0.3) is 11.5 Å². The van der Waals surface area contributed by atoms with Gasteiger partial charge in [-0.2, -0.15) is 22.7 Å². The number of halogens is 5. The fraction of sp³-hybridized carbons (Fsp3) is 0.353. The van der Waals surface area contributed by atoms with E-state index in [0.717, 1.165) is 10.6 Å². The second kappa shape index (κ2) is 12.4. The highest BCUT2D eigenvalue weighted by atomic mass is 19.4. The number of rotatable bonds is 5. The third kappa shape index (κ3) is 5.71. The summed E-state index contributed by atoms with van der Waals surface area (Å²) in [6.07, 6.45) is -1.16. The molecule has 2 aliphatic rings. The number of alkyl halides is 3. The van der Waals surface area contributed by atoms with Crippen LogP contribution in [-0.2, 0) is 22.9 Å². The number of amides is 2. The van der Waals surface area contributed by atoms with E-state index in [1.165, 1.54) is 35.0 Å². The molecule has 7 rings (SSSR count). The summed E-state index contributed by atoms with van der Waals surface area (Å²) in [4.78, 5) is 59.1. The molecule has 4 aromatic heterocycles. The van der Waals surface area contributed by atoms with Crippen LogP contribution in [0.15, 0.2) is 41.6 Å². The molecule has 0 bridgehead atoms. The number of anilines is 1. The maximum atomic E-state index is 15.2. The molecule has 1 fully saturated rings. The van der Waals surface area contributed by atoms with Gasteiger partial charge in [-0.15, -0.1) is 5.10 Å². The van der Waals surface area contributed by atoms with Crippen molar-refractivity contribution in [2.75, 3.05) is 18.4 Å². The molecule has 5 aromatic rings. The summed E-state index contributed by atoms with van der Waals surface area (Å²) in [7, 11) is 0. The molecule has 1 aliphatic heterocycles. The molecule has 1 spiro atoms. The standard InChI is InChI=1S/C34H30F5N9O4/c1-16-13-33(7-10-46(11-8-33)31(52)26-28(50)18(3)41-15-42-26)24-27(16)47(14-23(49)43-22-5-4-19(12-21(22)35)34(37,38)39)32-44-29(45-48(32)30(24)51)20-6-9-40-17(2)25(20)36/h4-6,9,12,15-16,50H,7-8,10-11,13-14H2,1-3H3,(H,43,49). The molecule has 1 atom stereocenters. The number of carbonyl (C=O) groups is 2. The summed E-state index contributed by atoms with van der Waals surface area (Å²) in [5.41, 5.74) is -2.17. The summed E-state index contributed by atoms with van der Waals surface area (Å²) in [5.74, 6) is -4.29. The number of fused-ring (bicyclic) bond motifs is 3. The van der Waals surface area contributed by atoms with Crippen LogP contribution in [0.1, 0.15) is 70.8 Å². The fourth-order valence-electron chi connectivity index (χ4n) is 7.35. The van der Waals surface area contributed by atoms with Crippen LogP contribution < -0.4 is 10.9 Å². The molecule has 52 heavy (non-hydrogen) atoms. The molecular formula is C34H30F5N9O4. The molecule has 1 aliphatic carbocycles. The lowest BCUT2D eigenvalue weighted by molar-refractivity contribution is -0.137. The Morgan fingerprint density at radius 1 is 1.06 bits per heavy atom. The molecule has 1 unspecified atom stereocenters. The third-order valence-electron chi connectivity index (χ3n) is 9.87. The number of nitrogens with one attached hydrogen (secondary N) is 1. The minimum Gasteiger partial charge on any atom is -0.504 e.